The Labute approximate surface area is 295 Å². The predicted octanol–water partition coefficient (Wildman–Crippen LogP) is 3.30. The van der Waals surface area contributed by atoms with Gasteiger partial charge in [-0.3, -0.25) is 0 Å². The van der Waals surface area contributed by atoms with Gasteiger partial charge in [0.25, 0.3) is 0 Å². The highest BCUT2D eigenvalue weighted by atomic mass is 16.5. The van der Waals surface area contributed by atoms with E-state index in [-0.39, 0.29) is 0 Å². The molecular formula is C33H24O21. The van der Waals surface area contributed by atoms with E-state index < -0.39 is 182 Å². The van der Waals surface area contributed by atoms with Gasteiger partial charge in [-0.2, -0.15) is 0 Å². The molecule has 282 valence electrons. The second kappa shape index (κ2) is 10.2. The van der Waals surface area contributed by atoms with Crippen molar-refractivity contribution in [2.24, 2.45) is 0 Å². The Kier molecular flexibility index (Phi) is 6.52. The summed E-state index contributed by atoms with van der Waals surface area (Å²) < 4.78 is 5.47. The van der Waals surface area contributed by atoms with E-state index in [1.165, 1.54) is 0 Å². The van der Waals surface area contributed by atoms with E-state index in [1.54, 1.807) is 0 Å². The molecule has 21 nitrogen and oxygen atoms in total. The molecule has 0 amide bonds. The molecule has 54 heavy (non-hydrogen) atoms. The summed E-state index contributed by atoms with van der Waals surface area (Å²) in [5.74, 6) is -31.1. The summed E-state index contributed by atoms with van der Waals surface area (Å²) in [4.78, 5) is 0. The zero-order valence-electron chi connectivity index (χ0n) is 26.4. The van der Waals surface area contributed by atoms with Crippen molar-refractivity contribution >= 4 is 21.5 Å². The van der Waals surface area contributed by atoms with Crippen LogP contribution in [0, 0.1) is 0 Å². The molecule has 1 aliphatic heterocycles. The molecule has 0 saturated carbocycles. The Bertz CT molecular complexity index is 2600. The van der Waals surface area contributed by atoms with Crippen LogP contribution in [0.3, 0.4) is 0 Å². The minimum atomic E-state index is -2.42. The van der Waals surface area contributed by atoms with Crippen LogP contribution in [0.1, 0.15) is 12.5 Å². The van der Waals surface area contributed by atoms with Crippen molar-refractivity contribution in [1.82, 2.24) is 0 Å². The first-order chi connectivity index (χ1) is 25.1. The molecule has 0 aromatic heterocycles. The molecule has 2 atom stereocenters. The van der Waals surface area contributed by atoms with Crippen LogP contribution >= 0.6 is 0 Å². The maximum absolute atomic E-state index is 12.0. The van der Waals surface area contributed by atoms with Gasteiger partial charge in [-0.15, -0.1) is 0 Å². The van der Waals surface area contributed by atoms with E-state index in [0.717, 1.165) is 6.92 Å². The van der Waals surface area contributed by atoms with Crippen LogP contribution in [-0.2, 0) is 5.41 Å². The average molecular weight is 757 g/mol. The van der Waals surface area contributed by atoms with Gasteiger partial charge in [-0.25, -0.2) is 0 Å². The standard InChI is InChI=1S/C33H24O21/c1-33-10-11(34)8(18(41)27(50)30(10)54-32(33)29(52)26(49)28(51)31(33)53)2-4-6(14(37)21(44)19(42)12(4)35)3(7-5(2)13(36)20(43)22(45)15(7)38)9-16(39)23(46)25(48)24(47)17(9)40/h32,34-53H,1H3. The second-order valence-electron chi connectivity index (χ2n) is 12.4. The number of aromatic hydroxyl groups is 16. The van der Waals surface area contributed by atoms with Crippen molar-refractivity contribution in [3.8, 4) is 120 Å². The number of phenols is 16. The zero-order chi connectivity index (χ0) is 40.1. The third-order valence-corrected chi connectivity index (χ3v) is 9.75. The topological polar surface area (TPSA) is 414 Å². The van der Waals surface area contributed by atoms with Crippen LogP contribution < -0.4 is 4.74 Å². The van der Waals surface area contributed by atoms with Gasteiger partial charge in [-0.1, -0.05) is 0 Å². The highest BCUT2D eigenvalue weighted by Gasteiger charge is 2.59. The third kappa shape index (κ3) is 3.60. The van der Waals surface area contributed by atoms with Crippen molar-refractivity contribution < 1.29 is 107 Å². The molecule has 5 aromatic rings. The lowest BCUT2D eigenvalue weighted by Gasteiger charge is -2.33. The molecule has 1 heterocycles. The van der Waals surface area contributed by atoms with Gasteiger partial charge in [-0.05, 0) is 6.92 Å². The Morgan fingerprint density at radius 3 is 1.06 bits per heavy atom. The summed E-state index contributed by atoms with van der Waals surface area (Å²) in [7, 11) is 0. The SMILES string of the molecule is CC12C(O)=C(O)C(O)=C(O)C1Oc1c(O)c(O)c(-c3c4c(O)c(O)c(O)c(O)c4c(-c4c(O)c(O)c(O)c(O)c4O)c4c(O)c(O)c(O)c(O)c34)c(O)c12. The lowest BCUT2D eigenvalue weighted by atomic mass is 9.71. The first kappa shape index (κ1) is 34.4. The largest absolute Gasteiger partial charge is 0.507 e. The summed E-state index contributed by atoms with van der Waals surface area (Å²) in [6, 6.07) is 0. The van der Waals surface area contributed by atoms with E-state index >= 15 is 0 Å². The van der Waals surface area contributed by atoms with Crippen LogP contribution in [-0.4, -0.2) is 108 Å². The van der Waals surface area contributed by atoms with Crippen LogP contribution in [0.15, 0.2) is 23.0 Å². The molecule has 2 aliphatic rings. The van der Waals surface area contributed by atoms with Gasteiger partial charge < -0.3 is 107 Å². The summed E-state index contributed by atoms with van der Waals surface area (Å²) >= 11 is 0. The van der Waals surface area contributed by atoms with Crippen LogP contribution in [0.2, 0.25) is 0 Å². The first-order valence-electron chi connectivity index (χ1n) is 14.7. The fraction of sp³-hybridized carbons (Fsp3) is 0.0909. The van der Waals surface area contributed by atoms with E-state index in [0.29, 0.717) is 0 Å². The fourth-order valence-corrected chi connectivity index (χ4v) is 7.11. The van der Waals surface area contributed by atoms with E-state index in [9.17, 15) is 102 Å². The third-order valence-electron chi connectivity index (χ3n) is 9.75. The number of ether oxygens (including phenoxy) is 1. The van der Waals surface area contributed by atoms with Crippen molar-refractivity contribution in [3.63, 3.8) is 0 Å². The number of hydrogen-bond acceptors (Lipinski definition) is 21. The summed E-state index contributed by atoms with van der Waals surface area (Å²) in [6.07, 6.45) is -1.98. The number of benzene rings is 5. The fourth-order valence-electron chi connectivity index (χ4n) is 7.11. The molecule has 0 spiro atoms. The molecule has 0 fully saturated rings. The summed E-state index contributed by atoms with van der Waals surface area (Å²) in [5, 5.41) is 213. The number of aliphatic hydroxyl groups excluding tert-OH is 4. The lowest BCUT2D eigenvalue weighted by Crippen LogP contribution is -2.42. The molecule has 5 aromatic carbocycles. The second-order valence-corrected chi connectivity index (χ2v) is 12.4. The van der Waals surface area contributed by atoms with Crippen LogP contribution in [0.5, 0.6) is 97.7 Å². The number of aliphatic hydroxyl groups is 4. The highest BCUT2D eigenvalue weighted by molar-refractivity contribution is 6.30. The van der Waals surface area contributed by atoms with E-state index in [1.807, 2.05) is 0 Å². The van der Waals surface area contributed by atoms with Crippen molar-refractivity contribution in [2.45, 2.75) is 18.4 Å². The van der Waals surface area contributed by atoms with Crippen molar-refractivity contribution in [3.05, 3.63) is 28.6 Å². The Morgan fingerprint density at radius 2 is 0.667 bits per heavy atom. The van der Waals surface area contributed by atoms with Gasteiger partial charge in [0.2, 0.25) is 57.5 Å². The average Bonchev–Trinajstić information content (AvgIpc) is 3.47. The quantitative estimate of drug-likeness (QED) is 0.0697. The minimum absolute atomic E-state index is 0.839. The number of rotatable bonds is 2. The van der Waals surface area contributed by atoms with Gasteiger partial charge in [0.1, 0.15) is 11.2 Å². The normalized spacial score (nSPS) is 18.0. The van der Waals surface area contributed by atoms with E-state index in [4.69, 9.17) is 4.74 Å². The maximum atomic E-state index is 12.0. The van der Waals surface area contributed by atoms with Gasteiger partial charge in [0, 0.05) is 32.7 Å². The number of phenolic OH excluding ortho intramolecular Hbond substituents is 16. The molecule has 1 aliphatic carbocycles. The zero-order valence-corrected chi connectivity index (χ0v) is 26.4. The Balaban J connectivity index is 1.84. The number of hydrogen-bond donors (Lipinski definition) is 20. The molecule has 0 saturated heterocycles. The molecule has 0 radical (unpaired) electrons. The molecule has 20 N–H and O–H groups in total. The summed E-state index contributed by atoms with van der Waals surface area (Å²) in [5.41, 5.74) is -8.29. The monoisotopic (exact) mass is 756 g/mol. The minimum Gasteiger partial charge on any atom is -0.507 e. The predicted molar refractivity (Wildman–Crippen MR) is 175 cm³/mol. The Morgan fingerprint density at radius 1 is 0.352 bits per heavy atom. The molecule has 21 heteroatoms. The molecular weight excluding hydrogens is 732 g/mol. The van der Waals surface area contributed by atoms with E-state index in [2.05, 4.69) is 0 Å². The maximum Gasteiger partial charge on any atom is 0.208 e. The van der Waals surface area contributed by atoms with Crippen molar-refractivity contribution in [2.75, 3.05) is 0 Å². The summed E-state index contributed by atoms with van der Waals surface area (Å²) in [6.45, 7) is 0.979. The highest BCUT2D eigenvalue weighted by Crippen LogP contribution is 2.69. The van der Waals surface area contributed by atoms with Gasteiger partial charge >= 0.3 is 0 Å². The Hall–Kier alpha value is -8.10. The van der Waals surface area contributed by atoms with Crippen molar-refractivity contribution in [1.29, 1.82) is 0 Å². The molecule has 2 unspecified atom stereocenters. The van der Waals surface area contributed by atoms with Crippen LogP contribution in [0.25, 0.3) is 43.8 Å². The first-order valence-corrected chi connectivity index (χ1v) is 14.7. The lowest BCUT2D eigenvalue weighted by molar-refractivity contribution is 0.0909. The molecule has 0 bridgehead atoms. The van der Waals surface area contributed by atoms with Crippen LogP contribution in [0.4, 0.5) is 0 Å². The van der Waals surface area contributed by atoms with Gasteiger partial charge in [0.15, 0.2) is 63.6 Å². The smallest absolute Gasteiger partial charge is 0.208 e. The van der Waals surface area contributed by atoms with Gasteiger partial charge in [0.05, 0.1) is 16.7 Å². The number of fused-ring (bicyclic) bond motifs is 5. The molecule has 7 rings (SSSR count).